The number of fused-ring (bicyclic) bond motifs is 1. The molecule has 3 rings (SSSR count). The molecular formula is C13H18N2S. The molecule has 2 nitrogen and oxygen atoms in total. The molecule has 0 spiro atoms. The van der Waals surface area contributed by atoms with Crippen LogP contribution in [-0.2, 0) is 6.42 Å². The average molecular weight is 234 g/mol. The molecule has 1 N–H and O–H groups in total. The molecule has 0 atom stereocenters. The highest BCUT2D eigenvalue weighted by atomic mass is 32.2. The first kappa shape index (κ1) is 10.5. The number of thioether (sulfide) groups is 1. The molecule has 2 aliphatic heterocycles. The molecule has 0 saturated carbocycles. The Morgan fingerprint density at radius 1 is 1.19 bits per heavy atom. The summed E-state index contributed by atoms with van der Waals surface area (Å²) in [5, 5.41) is 3.42. The first-order chi connectivity index (χ1) is 7.95. The van der Waals surface area contributed by atoms with Crippen LogP contribution < -0.4 is 10.2 Å². The van der Waals surface area contributed by atoms with Gasteiger partial charge in [0, 0.05) is 31.1 Å². The Hall–Kier alpha value is -0.670. The highest BCUT2D eigenvalue weighted by Gasteiger charge is 2.18. The molecule has 1 saturated heterocycles. The Kier molecular flexibility index (Phi) is 3.06. The largest absolute Gasteiger partial charge is 0.368 e. The maximum atomic E-state index is 3.42. The lowest BCUT2D eigenvalue weighted by atomic mass is 10.1. The van der Waals surface area contributed by atoms with E-state index in [2.05, 4.69) is 28.4 Å². The molecule has 1 aromatic rings. The molecule has 16 heavy (non-hydrogen) atoms. The first-order valence-electron chi connectivity index (χ1n) is 6.15. The van der Waals surface area contributed by atoms with Gasteiger partial charge in [-0.1, -0.05) is 12.1 Å². The van der Waals surface area contributed by atoms with Crippen molar-refractivity contribution in [3.63, 3.8) is 0 Å². The van der Waals surface area contributed by atoms with Crippen LogP contribution >= 0.6 is 11.8 Å². The van der Waals surface area contributed by atoms with Crippen LogP contribution in [0.15, 0.2) is 23.1 Å². The van der Waals surface area contributed by atoms with Crippen molar-refractivity contribution in [2.24, 2.45) is 0 Å². The smallest absolute Gasteiger partial charge is 0.0508 e. The van der Waals surface area contributed by atoms with E-state index in [4.69, 9.17) is 0 Å². The average Bonchev–Trinajstić information content (AvgIpc) is 2.39. The van der Waals surface area contributed by atoms with Gasteiger partial charge < -0.3 is 10.2 Å². The van der Waals surface area contributed by atoms with Crippen LogP contribution in [-0.4, -0.2) is 31.9 Å². The zero-order valence-electron chi connectivity index (χ0n) is 9.54. The number of nitrogens with one attached hydrogen (secondary N) is 1. The number of nitrogens with zero attached hydrogens (tertiary/aromatic N) is 1. The summed E-state index contributed by atoms with van der Waals surface area (Å²) in [6, 6.07) is 6.82. The van der Waals surface area contributed by atoms with E-state index in [0.717, 1.165) is 26.2 Å². The molecule has 3 heteroatoms. The van der Waals surface area contributed by atoms with E-state index in [-0.39, 0.29) is 0 Å². The summed E-state index contributed by atoms with van der Waals surface area (Å²) < 4.78 is 0. The van der Waals surface area contributed by atoms with Gasteiger partial charge in [0.05, 0.1) is 5.69 Å². The number of hydrogen-bond donors (Lipinski definition) is 1. The van der Waals surface area contributed by atoms with Gasteiger partial charge in [0.1, 0.15) is 0 Å². The highest BCUT2D eigenvalue weighted by molar-refractivity contribution is 7.99. The maximum absolute atomic E-state index is 3.42. The van der Waals surface area contributed by atoms with Gasteiger partial charge >= 0.3 is 0 Å². The lowest BCUT2D eigenvalue weighted by Crippen LogP contribution is -2.43. The van der Waals surface area contributed by atoms with Gasteiger partial charge in [0.25, 0.3) is 0 Å². The van der Waals surface area contributed by atoms with E-state index in [1.165, 1.54) is 24.3 Å². The molecule has 0 bridgehead atoms. The summed E-state index contributed by atoms with van der Waals surface area (Å²) in [7, 11) is 0. The SMILES string of the molecule is c1cc2c(c(N3CCNCC3)c1)SCCC2. The predicted octanol–water partition coefficient (Wildman–Crippen LogP) is 2.13. The van der Waals surface area contributed by atoms with Crippen LogP contribution in [0.1, 0.15) is 12.0 Å². The molecule has 0 unspecified atom stereocenters. The van der Waals surface area contributed by atoms with E-state index in [0.29, 0.717) is 0 Å². The molecule has 2 aliphatic rings. The van der Waals surface area contributed by atoms with Crippen molar-refractivity contribution in [3.05, 3.63) is 23.8 Å². The van der Waals surface area contributed by atoms with Gasteiger partial charge in [-0.05, 0) is 30.2 Å². The Bertz CT molecular complexity index is 372. The third-order valence-corrected chi connectivity index (χ3v) is 4.62. The van der Waals surface area contributed by atoms with Crippen LogP contribution in [0.3, 0.4) is 0 Å². The van der Waals surface area contributed by atoms with Crippen molar-refractivity contribution in [2.75, 3.05) is 36.8 Å². The Morgan fingerprint density at radius 3 is 2.94 bits per heavy atom. The molecule has 0 amide bonds. The summed E-state index contributed by atoms with van der Waals surface area (Å²) in [5.74, 6) is 1.29. The van der Waals surface area contributed by atoms with Gasteiger partial charge in [-0.3, -0.25) is 0 Å². The van der Waals surface area contributed by atoms with Gasteiger partial charge in [-0.15, -0.1) is 11.8 Å². The number of benzene rings is 1. The second-order valence-corrected chi connectivity index (χ2v) is 5.56. The van der Waals surface area contributed by atoms with Crippen molar-refractivity contribution in [1.82, 2.24) is 5.32 Å². The van der Waals surface area contributed by atoms with Crippen molar-refractivity contribution in [3.8, 4) is 0 Å². The number of anilines is 1. The third-order valence-electron chi connectivity index (χ3n) is 3.37. The van der Waals surface area contributed by atoms with Gasteiger partial charge in [-0.2, -0.15) is 0 Å². The molecule has 0 radical (unpaired) electrons. The maximum Gasteiger partial charge on any atom is 0.0508 e. The first-order valence-corrected chi connectivity index (χ1v) is 7.14. The van der Waals surface area contributed by atoms with Gasteiger partial charge in [-0.25, -0.2) is 0 Å². The lowest BCUT2D eigenvalue weighted by Gasteiger charge is -2.32. The summed E-state index contributed by atoms with van der Waals surface area (Å²) in [4.78, 5) is 4.09. The van der Waals surface area contributed by atoms with Crippen LogP contribution in [0.5, 0.6) is 0 Å². The molecule has 0 aromatic heterocycles. The van der Waals surface area contributed by atoms with Crippen LogP contribution in [0.2, 0.25) is 0 Å². The fraction of sp³-hybridized carbons (Fsp3) is 0.538. The Labute approximate surface area is 101 Å². The second kappa shape index (κ2) is 4.68. The number of aryl methyl sites for hydroxylation is 1. The highest BCUT2D eigenvalue weighted by Crippen LogP contribution is 2.37. The molecule has 0 aliphatic carbocycles. The molecule has 1 aromatic carbocycles. The number of hydrogen-bond acceptors (Lipinski definition) is 3. The Balaban J connectivity index is 1.93. The van der Waals surface area contributed by atoms with Crippen molar-refractivity contribution < 1.29 is 0 Å². The fourth-order valence-electron chi connectivity index (χ4n) is 2.53. The minimum Gasteiger partial charge on any atom is -0.368 e. The van der Waals surface area contributed by atoms with Crippen molar-refractivity contribution >= 4 is 17.4 Å². The van der Waals surface area contributed by atoms with Crippen LogP contribution in [0, 0.1) is 0 Å². The molecule has 2 heterocycles. The fourth-order valence-corrected chi connectivity index (χ4v) is 3.72. The summed E-state index contributed by atoms with van der Waals surface area (Å²) >= 11 is 2.05. The van der Waals surface area contributed by atoms with Crippen molar-refractivity contribution in [1.29, 1.82) is 0 Å². The van der Waals surface area contributed by atoms with Gasteiger partial charge in [0.2, 0.25) is 0 Å². The van der Waals surface area contributed by atoms with E-state index in [1.807, 2.05) is 11.8 Å². The lowest BCUT2D eigenvalue weighted by molar-refractivity contribution is 0.586. The molecular weight excluding hydrogens is 216 g/mol. The number of piperazine rings is 1. The molecule has 86 valence electrons. The quantitative estimate of drug-likeness (QED) is 0.801. The van der Waals surface area contributed by atoms with E-state index >= 15 is 0 Å². The van der Waals surface area contributed by atoms with E-state index in [1.54, 1.807) is 10.5 Å². The van der Waals surface area contributed by atoms with Crippen LogP contribution in [0.25, 0.3) is 0 Å². The third kappa shape index (κ3) is 1.94. The second-order valence-electron chi connectivity index (χ2n) is 4.45. The van der Waals surface area contributed by atoms with E-state index in [9.17, 15) is 0 Å². The monoisotopic (exact) mass is 234 g/mol. The minimum atomic E-state index is 1.12. The standard InChI is InChI=1S/C13H18N2S/c1-3-11-4-2-10-16-13(11)12(5-1)15-8-6-14-7-9-15/h1,3,5,14H,2,4,6-10H2. The summed E-state index contributed by atoms with van der Waals surface area (Å²) in [5.41, 5.74) is 3.04. The normalized spacial score (nSPS) is 20.6. The summed E-state index contributed by atoms with van der Waals surface area (Å²) in [6.07, 6.45) is 2.60. The topological polar surface area (TPSA) is 15.3 Å². The van der Waals surface area contributed by atoms with Crippen molar-refractivity contribution in [2.45, 2.75) is 17.7 Å². The van der Waals surface area contributed by atoms with Crippen LogP contribution in [0.4, 0.5) is 5.69 Å². The van der Waals surface area contributed by atoms with E-state index < -0.39 is 0 Å². The minimum absolute atomic E-state index is 1.12. The van der Waals surface area contributed by atoms with Gasteiger partial charge in [0.15, 0.2) is 0 Å². The predicted molar refractivity (Wildman–Crippen MR) is 70.6 cm³/mol. The summed E-state index contributed by atoms with van der Waals surface area (Å²) in [6.45, 7) is 4.54. The molecule has 1 fully saturated rings. The zero-order valence-corrected chi connectivity index (χ0v) is 10.4. The zero-order chi connectivity index (χ0) is 10.8. The number of rotatable bonds is 1. The Morgan fingerprint density at radius 2 is 2.06 bits per heavy atom.